The van der Waals surface area contributed by atoms with Crippen LogP contribution in [0.15, 0.2) is 48.6 Å². The summed E-state index contributed by atoms with van der Waals surface area (Å²) in [6.07, 6.45) is 5.74. The third-order valence-corrected chi connectivity index (χ3v) is 5.27. The van der Waals surface area contributed by atoms with Gasteiger partial charge in [-0.05, 0) is 37.1 Å². The van der Waals surface area contributed by atoms with Crippen molar-refractivity contribution in [2.24, 2.45) is 0 Å². The zero-order valence-electron chi connectivity index (χ0n) is 13.2. The molecule has 1 aliphatic carbocycles. The highest BCUT2D eigenvalue weighted by Crippen LogP contribution is 2.35. The third kappa shape index (κ3) is 3.16. The van der Waals surface area contributed by atoms with Crippen LogP contribution >= 0.6 is 0 Å². The number of sulfone groups is 1. The molecule has 0 saturated heterocycles. The van der Waals surface area contributed by atoms with E-state index in [1.165, 1.54) is 6.26 Å². The second kappa shape index (κ2) is 6.77. The number of ether oxygens (including phenoxy) is 2. The van der Waals surface area contributed by atoms with Crippen LogP contribution in [0.3, 0.4) is 0 Å². The molecule has 0 N–H and O–H groups in total. The second-order valence-corrected chi connectivity index (χ2v) is 7.31. The van der Waals surface area contributed by atoms with E-state index in [-0.39, 0.29) is 6.61 Å². The van der Waals surface area contributed by atoms with Gasteiger partial charge in [0, 0.05) is 19.5 Å². The highest BCUT2D eigenvalue weighted by Gasteiger charge is 2.48. The molecular formula is C17H22O4S. The highest BCUT2D eigenvalue weighted by atomic mass is 32.2. The molecule has 120 valence electrons. The number of allylic oxidation sites excluding steroid dienone is 2. The van der Waals surface area contributed by atoms with Crippen molar-refractivity contribution in [1.29, 1.82) is 0 Å². The van der Waals surface area contributed by atoms with Crippen LogP contribution in [0.4, 0.5) is 0 Å². The highest BCUT2D eigenvalue weighted by molar-refractivity contribution is 7.92. The summed E-state index contributed by atoms with van der Waals surface area (Å²) in [6.45, 7) is 4.31. The van der Waals surface area contributed by atoms with E-state index in [2.05, 4.69) is 0 Å². The molecule has 22 heavy (non-hydrogen) atoms. The number of hydrogen-bond donors (Lipinski definition) is 0. The molecular weight excluding hydrogens is 300 g/mol. The fourth-order valence-corrected chi connectivity index (χ4v) is 3.81. The summed E-state index contributed by atoms with van der Waals surface area (Å²) in [5.74, 6) is 0. The quantitative estimate of drug-likeness (QED) is 0.808. The number of benzene rings is 1. The average molecular weight is 322 g/mol. The van der Waals surface area contributed by atoms with Gasteiger partial charge in [0.25, 0.3) is 0 Å². The molecule has 0 heterocycles. The summed E-state index contributed by atoms with van der Waals surface area (Å²) < 4.78 is 36.0. The fourth-order valence-electron chi connectivity index (χ4n) is 2.60. The lowest BCUT2D eigenvalue weighted by atomic mass is 9.96. The second-order valence-electron chi connectivity index (χ2n) is 5.12. The predicted octanol–water partition coefficient (Wildman–Crippen LogP) is 2.82. The van der Waals surface area contributed by atoms with Gasteiger partial charge in [-0.15, -0.1) is 0 Å². The summed E-state index contributed by atoms with van der Waals surface area (Å²) in [6, 6.07) is 9.79. The van der Waals surface area contributed by atoms with E-state index in [9.17, 15) is 8.42 Å². The maximum Gasteiger partial charge on any atom is 0.217 e. The molecule has 2 rings (SSSR count). The molecule has 0 fully saturated rings. The average Bonchev–Trinajstić information content (AvgIpc) is 2.49. The van der Waals surface area contributed by atoms with Crippen LogP contribution in [-0.2, 0) is 19.3 Å². The van der Waals surface area contributed by atoms with E-state index in [0.29, 0.717) is 6.61 Å². The van der Waals surface area contributed by atoms with Crippen molar-refractivity contribution in [3.8, 4) is 0 Å². The van der Waals surface area contributed by atoms with E-state index < -0.39 is 20.9 Å². The van der Waals surface area contributed by atoms with Crippen molar-refractivity contribution in [1.82, 2.24) is 0 Å². The van der Waals surface area contributed by atoms with E-state index in [0.717, 1.165) is 11.1 Å². The van der Waals surface area contributed by atoms with E-state index in [1.807, 2.05) is 43.3 Å². The van der Waals surface area contributed by atoms with Gasteiger partial charge in [-0.25, -0.2) is 8.42 Å². The first-order chi connectivity index (χ1) is 10.4. The summed E-state index contributed by atoms with van der Waals surface area (Å²) in [5.41, 5.74) is 1.94. The van der Waals surface area contributed by atoms with Crippen LogP contribution in [0.5, 0.6) is 0 Å². The van der Waals surface area contributed by atoms with Crippen molar-refractivity contribution in [2.75, 3.05) is 19.5 Å². The zero-order valence-corrected chi connectivity index (χ0v) is 14.0. The molecule has 0 aliphatic heterocycles. The van der Waals surface area contributed by atoms with Crippen molar-refractivity contribution in [3.05, 3.63) is 54.1 Å². The molecule has 2 atom stereocenters. The Morgan fingerprint density at radius 1 is 1.14 bits per heavy atom. The molecule has 0 aromatic heterocycles. The molecule has 0 spiro atoms. The van der Waals surface area contributed by atoms with Gasteiger partial charge in [-0.1, -0.05) is 36.4 Å². The summed E-state index contributed by atoms with van der Waals surface area (Å²) in [5, 5.41) is 0. The minimum atomic E-state index is -3.51. The smallest absolute Gasteiger partial charge is 0.217 e. The Kier molecular flexibility index (Phi) is 5.21. The van der Waals surface area contributed by atoms with Crippen LogP contribution < -0.4 is 0 Å². The zero-order chi connectivity index (χ0) is 16.2. The van der Waals surface area contributed by atoms with Crippen molar-refractivity contribution in [3.63, 3.8) is 0 Å². The molecule has 1 aromatic rings. The van der Waals surface area contributed by atoms with Crippen LogP contribution in [-0.4, -0.2) is 38.9 Å². The molecule has 1 aliphatic rings. The van der Waals surface area contributed by atoms with Crippen molar-refractivity contribution in [2.45, 2.75) is 24.9 Å². The van der Waals surface area contributed by atoms with Crippen LogP contribution in [0.2, 0.25) is 0 Å². The van der Waals surface area contributed by atoms with E-state index in [4.69, 9.17) is 9.47 Å². The Hall–Kier alpha value is -1.43. The largest absolute Gasteiger partial charge is 0.370 e. The summed E-state index contributed by atoms with van der Waals surface area (Å²) in [7, 11) is -3.51. The molecule has 4 nitrogen and oxygen atoms in total. The fraction of sp³-hybridized carbons (Fsp3) is 0.412. The first kappa shape index (κ1) is 16.9. The molecule has 0 radical (unpaired) electrons. The monoisotopic (exact) mass is 322 g/mol. The Balaban J connectivity index is 2.49. The summed E-state index contributed by atoms with van der Waals surface area (Å²) >= 11 is 0. The Morgan fingerprint density at radius 3 is 2.36 bits per heavy atom. The minimum Gasteiger partial charge on any atom is -0.370 e. The maximum absolute atomic E-state index is 12.3. The van der Waals surface area contributed by atoms with Gasteiger partial charge >= 0.3 is 0 Å². The summed E-state index contributed by atoms with van der Waals surface area (Å²) in [4.78, 5) is -1.46. The third-order valence-electron chi connectivity index (χ3n) is 3.63. The molecule has 1 aromatic carbocycles. The first-order valence-electron chi connectivity index (χ1n) is 7.36. The molecule has 0 bridgehead atoms. The lowest BCUT2D eigenvalue weighted by Crippen LogP contribution is -2.51. The topological polar surface area (TPSA) is 52.6 Å². The first-order valence-corrected chi connectivity index (χ1v) is 9.25. The number of hydrogen-bond acceptors (Lipinski definition) is 4. The van der Waals surface area contributed by atoms with Gasteiger partial charge in [-0.2, -0.15) is 0 Å². The van der Waals surface area contributed by atoms with Gasteiger partial charge in [0.1, 0.15) is 6.10 Å². The van der Waals surface area contributed by atoms with Crippen molar-refractivity contribution < 1.29 is 17.9 Å². The minimum absolute atomic E-state index is 0.287. The SMILES string of the molecule is CCOC1C=C(c2ccccc2)C=CC1(OCC)S(C)(=O)=O. The lowest BCUT2D eigenvalue weighted by Gasteiger charge is -2.37. The molecule has 2 unspecified atom stereocenters. The van der Waals surface area contributed by atoms with Crippen LogP contribution in [0, 0.1) is 0 Å². The number of rotatable bonds is 6. The van der Waals surface area contributed by atoms with Crippen molar-refractivity contribution >= 4 is 15.4 Å². The lowest BCUT2D eigenvalue weighted by molar-refractivity contribution is -0.0468. The predicted molar refractivity (Wildman–Crippen MR) is 88.2 cm³/mol. The Labute approximate surface area is 132 Å². The van der Waals surface area contributed by atoms with Gasteiger partial charge in [0.2, 0.25) is 4.93 Å². The van der Waals surface area contributed by atoms with Gasteiger partial charge < -0.3 is 9.47 Å². The standard InChI is InChI=1S/C17H22O4S/c1-4-20-16-13-15(14-9-7-6-8-10-14)11-12-17(16,21-5-2)22(3,18)19/h6-13,16H,4-5H2,1-3H3. The van der Waals surface area contributed by atoms with Crippen LogP contribution in [0.1, 0.15) is 19.4 Å². The molecule has 0 amide bonds. The molecule has 0 saturated carbocycles. The van der Waals surface area contributed by atoms with Gasteiger partial charge in [0.15, 0.2) is 9.84 Å². The molecule has 5 heteroatoms. The van der Waals surface area contributed by atoms with Gasteiger partial charge in [0.05, 0.1) is 0 Å². The van der Waals surface area contributed by atoms with Gasteiger partial charge in [-0.3, -0.25) is 0 Å². The van der Waals surface area contributed by atoms with E-state index >= 15 is 0 Å². The normalized spacial score (nSPS) is 25.0. The maximum atomic E-state index is 12.3. The Morgan fingerprint density at radius 2 is 1.82 bits per heavy atom. The van der Waals surface area contributed by atoms with Crippen LogP contribution in [0.25, 0.3) is 5.57 Å². The Bertz CT molecular complexity index is 661. The van der Waals surface area contributed by atoms with E-state index in [1.54, 1.807) is 19.1 Å².